The second-order valence-corrected chi connectivity index (χ2v) is 9.03. The van der Waals surface area contributed by atoms with Gasteiger partial charge in [-0.05, 0) is 36.1 Å². The van der Waals surface area contributed by atoms with Crippen LogP contribution in [-0.4, -0.2) is 50.9 Å². The van der Waals surface area contributed by atoms with Gasteiger partial charge in [0, 0.05) is 31.1 Å². The lowest BCUT2D eigenvalue weighted by Gasteiger charge is -2.36. The number of sulfonamides is 1. The molecule has 8 heteroatoms. The van der Waals surface area contributed by atoms with Gasteiger partial charge in [0.2, 0.25) is 10.0 Å². The van der Waals surface area contributed by atoms with Crippen molar-refractivity contribution in [3.63, 3.8) is 0 Å². The van der Waals surface area contributed by atoms with E-state index in [2.05, 4.69) is 6.07 Å². The summed E-state index contributed by atoms with van der Waals surface area (Å²) in [5.74, 6) is 0.353. The fourth-order valence-electron chi connectivity index (χ4n) is 3.10. The summed E-state index contributed by atoms with van der Waals surface area (Å²) in [5.41, 5.74) is 0.866. The summed E-state index contributed by atoms with van der Waals surface area (Å²) in [4.78, 5) is 3.22. The highest BCUT2D eigenvalue weighted by Gasteiger charge is 2.33. The summed E-state index contributed by atoms with van der Waals surface area (Å²) in [6, 6.07) is 11.0. The molecule has 3 rings (SSSR count). The van der Waals surface area contributed by atoms with Crippen LogP contribution in [0.2, 0.25) is 0 Å². The molecule has 0 spiro atoms. The van der Waals surface area contributed by atoms with Gasteiger partial charge in [-0.2, -0.15) is 9.57 Å². The van der Waals surface area contributed by atoms with E-state index >= 15 is 0 Å². The lowest BCUT2D eigenvalue weighted by molar-refractivity contribution is 0.164. The van der Waals surface area contributed by atoms with Gasteiger partial charge in [-0.15, -0.1) is 11.3 Å². The average molecular weight is 392 g/mol. The predicted molar refractivity (Wildman–Crippen MR) is 101 cm³/mol. The Morgan fingerprint density at radius 1 is 1.23 bits per heavy atom. The van der Waals surface area contributed by atoms with Crippen molar-refractivity contribution in [2.24, 2.45) is 0 Å². The highest BCUT2D eigenvalue weighted by molar-refractivity contribution is 7.89. The Kier molecular flexibility index (Phi) is 5.63. The number of methoxy groups -OCH3 is 1. The lowest BCUT2D eigenvalue weighted by atomic mass is 10.2. The average Bonchev–Trinajstić information content (AvgIpc) is 3.17. The highest BCUT2D eigenvalue weighted by Crippen LogP contribution is 2.30. The summed E-state index contributed by atoms with van der Waals surface area (Å²) in [6.45, 7) is 3.59. The number of nitriles is 1. The number of thiophene rings is 1. The Labute approximate surface area is 158 Å². The van der Waals surface area contributed by atoms with E-state index in [1.807, 2.05) is 35.4 Å². The van der Waals surface area contributed by atoms with E-state index in [1.165, 1.54) is 11.4 Å². The number of aryl methyl sites for hydroxylation is 1. The summed E-state index contributed by atoms with van der Waals surface area (Å²) in [7, 11) is -2.16. The monoisotopic (exact) mass is 391 g/mol. The van der Waals surface area contributed by atoms with E-state index in [0.29, 0.717) is 31.9 Å². The minimum absolute atomic E-state index is 0.198. The van der Waals surface area contributed by atoms with Crippen molar-refractivity contribution in [3.8, 4) is 11.8 Å². The van der Waals surface area contributed by atoms with Crippen molar-refractivity contribution >= 4 is 21.4 Å². The van der Waals surface area contributed by atoms with Crippen molar-refractivity contribution < 1.29 is 13.2 Å². The van der Waals surface area contributed by atoms with Gasteiger partial charge in [0.05, 0.1) is 13.2 Å². The van der Waals surface area contributed by atoms with Crippen LogP contribution in [0.15, 0.2) is 40.6 Å². The van der Waals surface area contributed by atoms with E-state index in [0.717, 1.165) is 10.4 Å². The second-order valence-electron chi connectivity index (χ2n) is 6.14. The maximum absolute atomic E-state index is 13.1. The van der Waals surface area contributed by atoms with Crippen molar-refractivity contribution in [1.82, 2.24) is 9.21 Å². The molecule has 0 radical (unpaired) electrons. The molecule has 1 atom stereocenters. The van der Waals surface area contributed by atoms with Crippen LogP contribution < -0.4 is 4.74 Å². The van der Waals surface area contributed by atoms with Gasteiger partial charge in [0.15, 0.2) is 0 Å². The minimum atomic E-state index is -3.64. The molecule has 0 bridgehead atoms. The standard InChI is InChI=1S/C18H21N3O3S2/c1-14-5-6-16(24-2)18(12-14)26(22,23)21-9-7-20(8-10-21)15(13-19)17-4-3-11-25-17/h3-6,11-12,15H,7-10H2,1-2H3. The van der Waals surface area contributed by atoms with Crippen molar-refractivity contribution in [2.45, 2.75) is 17.9 Å². The third kappa shape index (κ3) is 3.62. The number of hydrogen-bond donors (Lipinski definition) is 0. The van der Waals surface area contributed by atoms with Gasteiger partial charge in [0.1, 0.15) is 16.7 Å². The fourth-order valence-corrected chi connectivity index (χ4v) is 5.56. The SMILES string of the molecule is COc1ccc(C)cc1S(=O)(=O)N1CCN(C(C#N)c2cccs2)CC1. The van der Waals surface area contributed by atoms with Crippen molar-refractivity contribution in [2.75, 3.05) is 33.3 Å². The summed E-state index contributed by atoms with van der Waals surface area (Å²) >= 11 is 1.55. The number of nitrogens with zero attached hydrogens (tertiary/aromatic N) is 3. The first kappa shape index (κ1) is 18.9. The van der Waals surface area contributed by atoms with Crippen molar-refractivity contribution in [1.29, 1.82) is 5.26 Å². The quantitative estimate of drug-likeness (QED) is 0.783. The first-order valence-electron chi connectivity index (χ1n) is 8.29. The van der Waals surface area contributed by atoms with E-state index in [9.17, 15) is 13.7 Å². The molecule has 1 aliphatic heterocycles. The molecule has 138 valence electrons. The molecule has 0 aliphatic carbocycles. The zero-order valence-corrected chi connectivity index (χ0v) is 16.4. The van der Waals surface area contributed by atoms with E-state index in [1.54, 1.807) is 23.5 Å². The number of hydrogen-bond acceptors (Lipinski definition) is 6. The van der Waals surface area contributed by atoms with Gasteiger partial charge in [-0.1, -0.05) is 12.1 Å². The Hall–Kier alpha value is -1.92. The van der Waals surface area contributed by atoms with Crippen LogP contribution in [0.25, 0.3) is 0 Å². The molecule has 0 amide bonds. The molecule has 1 unspecified atom stereocenters. The third-order valence-electron chi connectivity index (χ3n) is 4.51. The van der Waals surface area contributed by atoms with Gasteiger partial charge >= 0.3 is 0 Å². The van der Waals surface area contributed by atoms with Gasteiger partial charge in [-0.3, -0.25) is 4.90 Å². The largest absolute Gasteiger partial charge is 0.495 e. The molecule has 1 aromatic heterocycles. The van der Waals surface area contributed by atoms with Crippen LogP contribution >= 0.6 is 11.3 Å². The molecular formula is C18H21N3O3S2. The highest BCUT2D eigenvalue weighted by atomic mass is 32.2. The second kappa shape index (κ2) is 7.76. The molecule has 6 nitrogen and oxygen atoms in total. The number of piperazine rings is 1. The maximum Gasteiger partial charge on any atom is 0.246 e. The van der Waals surface area contributed by atoms with Crippen LogP contribution in [0.5, 0.6) is 5.75 Å². The normalized spacial score (nSPS) is 17.6. The number of benzene rings is 1. The molecule has 1 aromatic carbocycles. The topological polar surface area (TPSA) is 73.6 Å². The van der Waals surface area contributed by atoms with Crippen LogP contribution in [0, 0.1) is 18.3 Å². The molecule has 2 aromatic rings. The van der Waals surface area contributed by atoms with Crippen LogP contribution in [-0.2, 0) is 10.0 Å². The Balaban J connectivity index is 1.77. The summed E-state index contributed by atoms with van der Waals surface area (Å²) in [6.07, 6.45) is 0. The minimum Gasteiger partial charge on any atom is -0.495 e. The number of ether oxygens (including phenoxy) is 1. The molecule has 1 aliphatic rings. The zero-order valence-electron chi connectivity index (χ0n) is 14.8. The van der Waals surface area contributed by atoms with Crippen LogP contribution in [0.1, 0.15) is 16.5 Å². The zero-order chi connectivity index (χ0) is 18.7. The smallest absolute Gasteiger partial charge is 0.246 e. The van der Waals surface area contributed by atoms with Crippen LogP contribution in [0.4, 0.5) is 0 Å². The summed E-state index contributed by atoms with van der Waals surface area (Å²) < 4.78 is 32.8. The van der Waals surface area contributed by atoms with Gasteiger partial charge in [-0.25, -0.2) is 8.42 Å². The van der Waals surface area contributed by atoms with E-state index < -0.39 is 10.0 Å². The fraction of sp³-hybridized carbons (Fsp3) is 0.389. The van der Waals surface area contributed by atoms with Gasteiger partial charge in [0.25, 0.3) is 0 Å². The van der Waals surface area contributed by atoms with Crippen molar-refractivity contribution in [3.05, 3.63) is 46.2 Å². The Bertz CT molecular complexity index is 896. The van der Waals surface area contributed by atoms with E-state index in [-0.39, 0.29) is 10.9 Å². The first-order valence-corrected chi connectivity index (χ1v) is 10.6. The van der Waals surface area contributed by atoms with Gasteiger partial charge < -0.3 is 4.74 Å². The molecular weight excluding hydrogens is 370 g/mol. The Morgan fingerprint density at radius 3 is 2.54 bits per heavy atom. The Morgan fingerprint density at radius 2 is 1.96 bits per heavy atom. The maximum atomic E-state index is 13.1. The number of rotatable bonds is 5. The third-order valence-corrected chi connectivity index (χ3v) is 7.35. The molecule has 2 heterocycles. The first-order chi connectivity index (χ1) is 12.5. The lowest BCUT2D eigenvalue weighted by Crippen LogP contribution is -2.49. The predicted octanol–water partition coefficient (Wildman–Crippen LogP) is 2.64. The molecule has 0 saturated carbocycles. The molecule has 1 fully saturated rings. The summed E-state index contributed by atoms with van der Waals surface area (Å²) in [5, 5.41) is 11.5. The molecule has 26 heavy (non-hydrogen) atoms. The molecule has 0 N–H and O–H groups in total. The van der Waals surface area contributed by atoms with Crippen LogP contribution in [0.3, 0.4) is 0 Å². The van der Waals surface area contributed by atoms with E-state index in [4.69, 9.17) is 4.74 Å². The molecule has 1 saturated heterocycles.